The van der Waals surface area contributed by atoms with Crippen molar-refractivity contribution in [1.29, 1.82) is 0 Å². The van der Waals surface area contributed by atoms with Gasteiger partial charge in [0, 0.05) is 17.5 Å². The first kappa shape index (κ1) is 12.5. The highest BCUT2D eigenvalue weighted by atomic mass is 19.2. The highest BCUT2D eigenvalue weighted by Gasteiger charge is 2.16. The number of benzene rings is 1. The summed E-state index contributed by atoms with van der Waals surface area (Å²) in [7, 11) is 0. The second-order valence-corrected chi connectivity index (χ2v) is 4.47. The van der Waals surface area contributed by atoms with Gasteiger partial charge in [-0.2, -0.15) is 0 Å². The number of hydrogen-bond acceptors (Lipinski definition) is 1. The van der Waals surface area contributed by atoms with E-state index in [0.29, 0.717) is 0 Å². The molecule has 2 N–H and O–H groups in total. The van der Waals surface area contributed by atoms with Gasteiger partial charge >= 0.3 is 0 Å². The Morgan fingerprint density at radius 2 is 1.56 bits per heavy atom. The van der Waals surface area contributed by atoms with Crippen LogP contribution in [-0.2, 0) is 0 Å². The van der Waals surface area contributed by atoms with Crippen LogP contribution in [0.15, 0.2) is 17.1 Å². The molecule has 1 rings (SSSR count). The van der Waals surface area contributed by atoms with E-state index < -0.39 is 22.9 Å². The third kappa shape index (κ3) is 2.74. The zero-order chi connectivity index (χ0) is 12.5. The molecule has 0 fully saturated rings. The molecule has 0 unspecified atom stereocenters. The van der Waals surface area contributed by atoms with Crippen LogP contribution in [0.1, 0.15) is 20.8 Å². The number of halogens is 3. The molecule has 88 valence electrons. The molecule has 0 atom stereocenters. The number of nitrogens with zero attached hydrogens (tertiary/aromatic N) is 1. The molecule has 1 aromatic rings. The Kier molecular flexibility index (Phi) is 3.26. The van der Waals surface area contributed by atoms with Crippen molar-refractivity contribution in [1.82, 2.24) is 0 Å². The molecule has 0 heterocycles. The third-order valence-electron chi connectivity index (χ3n) is 1.99. The molecule has 0 saturated carbocycles. The summed E-state index contributed by atoms with van der Waals surface area (Å²) in [6.07, 6.45) is 0. The fourth-order valence-electron chi connectivity index (χ4n) is 0.913. The molecule has 5 heteroatoms. The van der Waals surface area contributed by atoms with Gasteiger partial charge in [-0.1, -0.05) is 20.8 Å². The van der Waals surface area contributed by atoms with Crippen LogP contribution in [0.2, 0.25) is 0 Å². The minimum atomic E-state index is -1.51. The van der Waals surface area contributed by atoms with Crippen LogP contribution in [0.25, 0.3) is 0 Å². The molecule has 16 heavy (non-hydrogen) atoms. The Labute approximate surface area is 92.0 Å². The van der Waals surface area contributed by atoms with Gasteiger partial charge in [0.25, 0.3) is 0 Å². The highest BCUT2D eigenvalue weighted by Crippen LogP contribution is 2.22. The van der Waals surface area contributed by atoms with Crippen molar-refractivity contribution in [2.24, 2.45) is 16.1 Å². The van der Waals surface area contributed by atoms with E-state index in [-0.39, 0.29) is 11.5 Å². The number of rotatable bonds is 1. The van der Waals surface area contributed by atoms with E-state index in [9.17, 15) is 13.2 Å². The van der Waals surface area contributed by atoms with E-state index in [1.807, 2.05) is 20.8 Å². The summed E-state index contributed by atoms with van der Waals surface area (Å²) in [6, 6.07) is 1.61. The van der Waals surface area contributed by atoms with E-state index in [2.05, 4.69) is 4.99 Å². The van der Waals surface area contributed by atoms with Gasteiger partial charge in [-0.15, -0.1) is 0 Å². The average molecular weight is 230 g/mol. The number of hydrogen-bond donors (Lipinski definition) is 1. The van der Waals surface area contributed by atoms with Gasteiger partial charge in [0.05, 0.1) is 5.69 Å². The maximum absolute atomic E-state index is 12.9. The Balaban J connectivity index is 3.17. The summed E-state index contributed by atoms with van der Waals surface area (Å²) < 4.78 is 38.4. The molecule has 0 radical (unpaired) electrons. The number of aliphatic imine (C=N–C) groups is 1. The van der Waals surface area contributed by atoms with Gasteiger partial charge in [0.2, 0.25) is 0 Å². The largest absolute Gasteiger partial charge is 0.387 e. The molecule has 0 aliphatic rings. The zero-order valence-corrected chi connectivity index (χ0v) is 9.31. The molecule has 0 amide bonds. The fourth-order valence-corrected chi connectivity index (χ4v) is 0.913. The van der Waals surface area contributed by atoms with E-state index in [0.717, 1.165) is 12.1 Å². The summed E-state index contributed by atoms with van der Waals surface area (Å²) in [5.41, 5.74) is 5.18. The SMILES string of the molecule is CC(C)(C)C(N)=Nc1cc(F)c(F)c(F)c1. The van der Waals surface area contributed by atoms with Crippen molar-refractivity contribution >= 4 is 11.5 Å². The molecular formula is C11H13F3N2. The van der Waals surface area contributed by atoms with Crippen LogP contribution < -0.4 is 5.73 Å². The Bertz CT molecular complexity index is 410. The number of nitrogens with two attached hydrogens (primary N) is 1. The summed E-state index contributed by atoms with van der Waals surface area (Å²) in [5, 5.41) is 0. The summed E-state index contributed by atoms with van der Waals surface area (Å²) in [6.45, 7) is 5.42. The van der Waals surface area contributed by atoms with Crippen LogP contribution in [-0.4, -0.2) is 5.84 Å². The third-order valence-corrected chi connectivity index (χ3v) is 1.99. The zero-order valence-electron chi connectivity index (χ0n) is 9.31. The summed E-state index contributed by atoms with van der Waals surface area (Å²) in [4.78, 5) is 3.84. The van der Waals surface area contributed by atoms with Crippen LogP contribution in [0, 0.1) is 22.9 Å². The Morgan fingerprint density at radius 1 is 1.12 bits per heavy atom. The lowest BCUT2D eigenvalue weighted by molar-refractivity contribution is 0.447. The molecule has 0 aromatic heterocycles. The topological polar surface area (TPSA) is 38.4 Å². The summed E-state index contributed by atoms with van der Waals surface area (Å²) in [5.74, 6) is -3.84. The van der Waals surface area contributed by atoms with Gasteiger partial charge in [-0.25, -0.2) is 18.2 Å². The normalized spacial score (nSPS) is 13.0. The minimum absolute atomic E-state index is 0.0381. The number of amidine groups is 1. The van der Waals surface area contributed by atoms with Gasteiger partial charge in [-0.05, 0) is 0 Å². The predicted molar refractivity (Wildman–Crippen MR) is 57.1 cm³/mol. The molecular weight excluding hydrogens is 217 g/mol. The van der Waals surface area contributed by atoms with E-state index in [1.54, 1.807) is 0 Å². The first-order valence-electron chi connectivity index (χ1n) is 4.71. The first-order valence-corrected chi connectivity index (χ1v) is 4.71. The van der Waals surface area contributed by atoms with E-state index in [4.69, 9.17) is 5.73 Å². The quantitative estimate of drug-likeness (QED) is 0.449. The monoisotopic (exact) mass is 230 g/mol. The van der Waals surface area contributed by atoms with Crippen LogP contribution in [0.4, 0.5) is 18.9 Å². The van der Waals surface area contributed by atoms with Crippen molar-refractivity contribution in [3.63, 3.8) is 0 Å². The fraction of sp³-hybridized carbons (Fsp3) is 0.364. The lowest BCUT2D eigenvalue weighted by atomic mass is 9.95. The summed E-state index contributed by atoms with van der Waals surface area (Å²) >= 11 is 0. The molecule has 0 aliphatic heterocycles. The van der Waals surface area contributed by atoms with E-state index in [1.165, 1.54) is 0 Å². The molecule has 0 bridgehead atoms. The van der Waals surface area contributed by atoms with Crippen LogP contribution in [0.3, 0.4) is 0 Å². The standard InChI is InChI=1S/C11H13F3N2/c1-11(2,3)10(15)16-6-4-7(12)9(14)8(13)5-6/h4-5H,1-3H3,(H2,15,16). The lowest BCUT2D eigenvalue weighted by Gasteiger charge is -2.17. The van der Waals surface area contributed by atoms with Crippen LogP contribution in [0.5, 0.6) is 0 Å². The molecule has 0 aliphatic carbocycles. The van der Waals surface area contributed by atoms with E-state index >= 15 is 0 Å². The maximum Gasteiger partial charge on any atom is 0.194 e. The molecule has 0 spiro atoms. The average Bonchev–Trinajstić information content (AvgIpc) is 2.12. The predicted octanol–water partition coefficient (Wildman–Crippen LogP) is 3.14. The van der Waals surface area contributed by atoms with Crippen LogP contribution >= 0.6 is 0 Å². The second-order valence-electron chi connectivity index (χ2n) is 4.47. The van der Waals surface area contributed by atoms with Gasteiger partial charge in [0.1, 0.15) is 5.84 Å². The van der Waals surface area contributed by atoms with Crippen molar-refractivity contribution in [3.8, 4) is 0 Å². The maximum atomic E-state index is 12.9. The van der Waals surface area contributed by atoms with Crippen molar-refractivity contribution in [2.75, 3.05) is 0 Å². The van der Waals surface area contributed by atoms with Gasteiger partial charge in [-0.3, -0.25) is 0 Å². The lowest BCUT2D eigenvalue weighted by Crippen LogP contribution is -2.28. The van der Waals surface area contributed by atoms with Crippen molar-refractivity contribution in [3.05, 3.63) is 29.6 Å². The first-order chi connectivity index (χ1) is 7.21. The molecule has 0 saturated heterocycles. The molecule has 2 nitrogen and oxygen atoms in total. The second kappa shape index (κ2) is 4.15. The van der Waals surface area contributed by atoms with Gasteiger partial charge < -0.3 is 5.73 Å². The Morgan fingerprint density at radius 3 is 1.94 bits per heavy atom. The van der Waals surface area contributed by atoms with Crippen molar-refractivity contribution in [2.45, 2.75) is 20.8 Å². The smallest absolute Gasteiger partial charge is 0.194 e. The highest BCUT2D eigenvalue weighted by molar-refractivity contribution is 5.87. The van der Waals surface area contributed by atoms with Gasteiger partial charge in [0.15, 0.2) is 17.5 Å². The molecule has 1 aromatic carbocycles. The Hall–Kier alpha value is -1.52. The van der Waals surface area contributed by atoms with Crippen molar-refractivity contribution < 1.29 is 13.2 Å². The minimum Gasteiger partial charge on any atom is -0.387 e.